The second-order valence-electron chi connectivity index (χ2n) is 12.7. The van der Waals surface area contributed by atoms with E-state index < -0.39 is 165 Å². The van der Waals surface area contributed by atoms with E-state index in [9.17, 15) is 68.1 Å². The number of aromatic hydroxyl groups is 1. The van der Waals surface area contributed by atoms with Crippen molar-refractivity contribution >= 4 is 29.8 Å². The molecule has 3 aromatic rings. The van der Waals surface area contributed by atoms with Crippen molar-refractivity contribution in [1.82, 2.24) is 27.4 Å². The molecular formula is C34H42N6O19. The molecule has 0 radical (unpaired) electrons. The van der Waals surface area contributed by atoms with Crippen molar-refractivity contribution in [2.45, 2.75) is 72.6 Å². The first-order chi connectivity index (χ1) is 27.7. The number of carbonyl (C=O) groups excluding carboxylic acids is 5. The van der Waals surface area contributed by atoms with E-state index in [1.165, 1.54) is 0 Å². The summed E-state index contributed by atoms with van der Waals surface area (Å²) >= 11 is 0. The van der Waals surface area contributed by atoms with Gasteiger partial charge >= 0.3 is 64.0 Å². The molecule has 0 fully saturated rings. The Bertz CT molecular complexity index is 2440. The molecule has 25 nitrogen and oxygen atoms in total. The van der Waals surface area contributed by atoms with Crippen LogP contribution in [0.25, 0.3) is 0 Å². The van der Waals surface area contributed by atoms with Gasteiger partial charge in [-0.05, 0) is 32.0 Å². The van der Waals surface area contributed by atoms with Crippen LogP contribution in [-0.4, -0.2) is 118 Å². The van der Waals surface area contributed by atoms with Gasteiger partial charge in [0.15, 0.2) is 5.60 Å². The monoisotopic (exact) mass is 838 g/mol. The van der Waals surface area contributed by atoms with Gasteiger partial charge in [-0.25, -0.2) is 70.6 Å². The average molecular weight is 839 g/mol. The number of carbonyl (C=O) groups is 5. The number of benzene rings is 1. The van der Waals surface area contributed by atoms with E-state index in [2.05, 4.69) is 0 Å². The Balaban J connectivity index is 1.77. The third-order valence-electron chi connectivity index (χ3n) is 7.87. The molecule has 0 saturated heterocycles. The highest BCUT2D eigenvalue weighted by Crippen LogP contribution is 2.18. The first-order valence-corrected chi connectivity index (χ1v) is 17.5. The van der Waals surface area contributed by atoms with Crippen LogP contribution in [0.5, 0.6) is 5.75 Å². The molecule has 59 heavy (non-hydrogen) atoms. The van der Waals surface area contributed by atoms with Crippen molar-refractivity contribution in [3.8, 4) is 5.75 Å². The van der Waals surface area contributed by atoms with Crippen molar-refractivity contribution in [3.63, 3.8) is 0 Å². The predicted molar refractivity (Wildman–Crippen MR) is 195 cm³/mol. The third-order valence-corrected chi connectivity index (χ3v) is 7.87. The van der Waals surface area contributed by atoms with Gasteiger partial charge in [0.25, 0.3) is 0 Å². The molecule has 0 aliphatic carbocycles. The van der Waals surface area contributed by atoms with Crippen LogP contribution in [-0.2, 0) is 77.3 Å². The first-order valence-electron chi connectivity index (χ1n) is 17.5. The molecule has 0 aliphatic rings. The Labute approximate surface area is 330 Å². The number of ether oxygens (including phenoxy) is 5. The van der Waals surface area contributed by atoms with Gasteiger partial charge in [-0.3, -0.25) is 9.59 Å². The van der Waals surface area contributed by atoms with Crippen molar-refractivity contribution in [3.05, 3.63) is 92.2 Å². The minimum Gasteiger partial charge on any atom is -0.508 e. The van der Waals surface area contributed by atoms with E-state index in [0.29, 0.717) is 27.4 Å². The van der Waals surface area contributed by atoms with E-state index in [1.807, 2.05) is 0 Å². The minimum atomic E-state index is -1.89. The number of aliphatic hydroxyl groups excluding tert-OH is 1. The van der Waals surface area contributed by atoms with E-state index in [-0.39, 0.29) is 0 Å². The summed E-state index contributed by atoms with van der Waals surface area (Å²) in [7, 11) is 0. The maximum absolute atomic E-state index is 13.2. The minimum absolute atomic E-state index is 0.393. The molecule has 0 bridgehead atoms. The number of aromatic nitrogens is 6. The molecule has 2 aromatic heterocycles. The van der Waals surface area contributed by atoms with Gasteiger partial charge in [0.2, 0.25) is 0 Å². The van der Waals surface area contributed by atoms with Gasteiger partial charge in [0, 0.05) is 13.8 Å². The summed E-state index contributed by atoms with van der Waals surface area (Å²) in [6.07, 6.45) is 0. The molecule has 0 unspecified atom stereocenters. The predicted octanol–water partition coefficient (Wildman–Crippen LogP) is -4.49. The van der Waals surface area contributed by atoms with E-state index in [0.717, 1.165) is 45.9 Å². The second kappa shape index (κ2) is 20.5. The Kier molecular flexibility index (Phi) is 16.2. The van der Waals surface area contributed by atoms with Crippen molar-refractivity contribution < 1.29 is 63.0 Å². The fraction of sp³-hybridized carbons (Fsp3) is 0.500. The number of hydrogen-bond donors (Lipinski definition) is 3. The van der Waals surface area contributed by atoms with Gasteiger partial charge in [-0.2, -0.15) is 0 Å². The number of phenolic OH excluding ortho intramolecular Hbond substituents is 1. The maximum atomic E-state index is 13.2. The highest BCUT2D eigenvalue weighted by Gasteiger charge is 2.26. The van der Waals surface area contributed by atoms with Gasteiger partial charge in [0.05, 0.1) is 57.0 Å². The van der Waals surface area contributed by atoms with Crippen molar-refractivity contribution in [2.24, 2.45) is 0 Å². The molecular weight excluding hydrogens is 796 g/mol. The smallest absolute Gasteiger partial charge is 0.338 e. The quantitative estimate of drug-likeness (QED) is 0.0713. The normalized spacial score (nSPS) is 11.2. The van der Waals surface area contributed by atoms with Crippen LogP contribution in [0, 0.1) is 0 Å². The SMILES string of the molecule is CC(=O)OCCn1c(=O)n(CCO)c(=O)n(CCOC(=O)c2cc(O)cc(C(=O)OCCn3c(=O)n(CCOC(C)=O)c(=O)n(CCOC(=O)C(C)(C)O)c3=O)c2)c1=O. The summed E-state index contributed by atoms with van der Waals surface area (Å²) < 4.78 is 28.0. The molecule has 0 aliphatic heterocycles. The highest BCUT2D eigenvalue weighted by molar-refractivity contribution is 5.96. The molecule has 0 atom stereocenters. The number of aliphatic hydroxyl groups is 2. The number of nitrogens with zero attached hydrogens (tertiary/aromatic N) is 6. The summed E-state index contributed by atoms with van der Waals surface area (Å²) in [5, 5.41) is 29.3. The lowest BCUT2D eigenvalue weighted by Crippen LogP contribution is -2.55. The van der Waals surface area contributed by atoms with Crippen LogP contribution in [0.3, 0.4) is 0 Å². The lowest BCUT2D eigenvalue weighted by molar-refractivity contribution is -0.162. The number of hydrogen-bond acceptors (Lipinski definition) is 19. The summed E-state index contributed by atoms with van der Waals surface area (Å²) in [6, 6.07) is 2.77. The average Bonchev–Trinajstić information content (AvgIpc) is 3.15. The number of phenols is 1. The van der Waals surface area contributed by atoms with Crippen molar-refractivity contribution in [1.29, 1.82) is 0 Å². The Hall–Kier alpha value is -6.89. The molecule has 322 valence electrons. The van der Waals surface area contributed by atoms with Crippen LogP contribution in [0.15, 0.2) is 47.0 Å². The van der Waals surface area contributed by atoms with Crippen LogP contribution in [0.4, 0.5) is 0 Å². The van der Waals surface area contributed by atoms with Gasteiger partial charge < -0.3 is 39.0 Å². The molecule has 0 amide bonds. The fourth-order valence-electron chi connectivity index (χ4n) is 5.05. The van der Waals surface area contributed by atoms with Gasteiger partial charge in [0.1, 0.15) is 38.8 Å². The van der Waals surface area contributed by atoms with Crippen LogP contribution in [0.1, 0.15) is 48.4 Å². The molecule has 3 rings (SSSR count). The summed E-state index contributed by atoms with van der Waals surface area (Å²) in [6.45, 7) is -2.16. The molecule has 1 aromatic carbocycles. The summed E-state index contributed by atoms with van der Waals surface area (Å²) in [5.74, 6) is -5.42. The Morgan fingerprint density at radius 2 is 0.797 bits per heavy atom. The van der Waals surface area contributed by atoms with Crippen molar-refractivity contribution in [2.75, 3.05) is 39.6 Å². The largest absolute Gasteiger partial charge is 0.508 e. The zero-order valence-corrected chi connectivity index (χ0v) is 32.3. The lowest BCUT2D eigenvalue weighted by Gasteiger charge is -2.17. The topological polar surface area (TPSA) is 324 Å². The number of esters is 5. The van der Waals surface area contributed by atoms with E-state index in [1.54, 1.807) is 0 Å². The zero-order chi connectivity index (χ0) is 44.2. The lowest BCUT2D eigenvalue weighted by atomic mass is 10.1. The standard InChI is InChI=1S/C34H42N6O19/c1-20(42)55-12-6-36-28(48)35(5-11-41)29(49)38(30(36)50)8-14-57-25(45)22-17-23(19-24(44)18-22)26(46)58-15-9-39-31(51)37(7-13-56-21(2)43)32(52)40(33(39)53)10-16-59-27(47)34(3,4)54/h17-19,41,44,54H,5-16H2,1-4H3. The zero-order valence-electron chi connectivity index (χ0n) is 32.3. The van der Waals surface area contributed by atoms with Crippen LogP contribution in [0.2, 0.25) is 0 Å². The van der Waals surface area contributed by atoms with Gasteiger partial charge in [-0.1, -0.05) is 0 Å². The van der Waals surface area contributed by atoms with Crippen LogP contribution < -0.4 is 34.1 Å². The molecule has 0 saturated carbocycles. The van der Waals surface area contributed by atoms with E-state index >= 15 is 0 Å². The molecule has 2 heterocycles. The summed E-state index contributed by atoms with van der Waals surface area (Å²) in [5.41, 5.74) is -9.58. The Morgan fingerprint density at radius 1 is 0.508 bits per heavy atom. The number of rotatable bonds is 20. The maximum Gasteiger partial charge on any atom is 0.338 e. The molecule has 3 N–H and O–H groups in total. The fourth-order valence-corrected chi connectivity index (χ4v) is 5.05. The van der Waals surface area contributed by atoms with Crippen LogP contribution >= 0.6 is 0 Å². The van der Waals surface area contributed by atoms with Gasteiger partial charge in [-0.15, -0.1) is 0 Å². The molecule has 25 heteroatoms. The first kappa shape index (κ1) is 46.5. The second-order valence-corrected chi connectivity index (χ2v) is 12.7. The Morgan fingerprint density at radius 3 is 1.08 bits per heavy atom. The molecule has 0 spiro atoms. The summed E-state index contributed by atoms with van der Waals surface area (Å²) in [4.78, 5) is 138. The van der Waals surface area contributed by atoms with E-state index in [4.69, 9.17) is 23.7 Å². The highest BCUT2D eigenvalue weighted by atomic mass is 16.6. The third kappa shape index (κ3) is 12.3.